The predicted octanol–water partition coefficient (Wildman–Crippen LogP) is 1.68. The molecule has 0 spiro atoms. The van der Waals surface area contributed by atoms with Crippen LogP contribution in [-0.4, -0.2) is 18.6 Å². The molecule has 4 rings (SSSR count). The quantitative estimate of drug-likeness (QED) is 0.865. The molecule has 0 radical (unpaired) electrons. The Hall–Kier alpha value is -1.55. The van der Waals surface area contributed by atoms with Gasteiger partial charge in [-0.15, -0.1) is 0 Å². The molecular formula is C17H22N2O2. The molecule has 4 heteroatoms. The summed E-state index contributed by atoms with van der Waals surface area (Å²) < 4.78 is 5.62. The standard InChI is InChI=1S/C17H22N2O2/c18-8-12-3-1-2-4-13(12)21-9-14(20)19-17-15-10-5-6-11(7-10)16(15)17/h1-4,10-11,15-17H,5-9,18H2,(H,19,20). The molecule has 2 bridgehead atoms. The number of fused-ring (bicyclic) bond motifs is 5. The molecule has 112 valence electrons. The monoisotopic (exact) mass is 286 g/mol. The van der Waals surface area contributed by atoms with E-state index in [-0.39, 0.29) is 12.5 Å². The van der Waals surface area contributed by atoms with Crippen molar-refractivity contribution < 1.29 is 9.53 Å². The lowest BCUT2D eigenvalue weighted by molar-refractivity contribution is -0.123. The number of carbonyl (C=O) groups excluding carboxylic acids is 1. The molecule has 1 aromatic carbocycles. The number of benzene rings is 1. The first kappa shape index (κ1) is 13.1. The molecule has 0 saturated heterocycles. The molecule has 3 saturated carbocycles. The van der Waals surface area contributed by atoms with Crippen molar-refractivity contribution >= 4 is 5.91 Å². The van der Waals surface area contributed by atoms with Crippen molar-refractivity contribution in [2.45, 2.75) is 31.8 Å². The lowest BCUT2D eigenvalue weighted by Gasteiger charge is -2.12. The second-order valence-corrected chi connectivity index (χ2v) is 6.68. The minimum absolute atomic E-state index is 0.000578. The largest absolute Gasteiger partial charge is 0.483 e. The fraction of sp³-hybridized carbons (Fsp3) is 0.588. The van der Waals surface area contributed by atoms with Crippen molar-refractivity contribution in [3.05, 3.63) is 29.8 Å². The van der Waals surface area contributed by atoms with E-state index in [4.69, 9.17) is 10.5 Å². The van der Waals surface area contributed by atoms with Gasteiger partial charge in [0, 0.05) is 18.2 Å². The fourth-order valence-corrected chi connectivity index (χ4v) is 4.70. The van der Waals surface area contributed by atoms with E-state index in [0.717, 1.165) is 29.2 Å². The van der Waals surface area contributed by atoms with Crippen LogP contribution in [0, 0.1) is 23.7 Å². The highest BCUT2D eigenvalue weighted by Crippen LogP contribution is 2.65. The Kier molecular flexibility index (Phi) is 3.14. The van der Waals surface area contributed by atoms with Gasteiger partial charge in [-0.05, 0) is 49.0 Å². The zero-order valence-corrected chi connectivity index (χ0v) is 12.1. The number of nitrogens with two attached hydrogens (primary N) is 1. The van der Waals surface area contributed by atoms with E-state index in [0.29, 0.717) is 18.3 Å². The third-order valence-corrected chi connectivity index (χ3v) is 5.61. The Balaban J connectivity index is 1.29. The molecule has 1 amide bonds. The maximum absolute atomic E-state index is 12.1. The number of rotatable bonds is 5. The zero-order valence-electron chi connectivity index (χ0n) is 12.1. The van der Waals surface area contributed by atoms with Crippen LogP contribution in [-0.2, 0) is 11.3 Å². The van der Waals surface area contributed by atoms with E-state index in [1.54, 1.807) is 0 Å². The lowest BCUT2D eigenvalue weighted by Crippen LogP contribution is -2.34. The summed E-state index contributed by atoms with van der Waals surface area (Å²) in [5, 5.41) is 3.17. The van der Waals surface area contributed by atoms with Crippen LogP contribution in [0.1, 0.15) is 24.8 Å². The lowest BCUT2D eigenvalue weighted by atomic mass is 10.0. The topological polar surface area (TPSA) is 64.3 Å². The number of hydrogen-bond donors (Lipinski definition) is 2. The minimum atomic E-state index is 0.000578. The summed E-state index contributed by atoms with van der Waals surface area (Å²) in [4.78, 5) is 12.1. The van der Waals surface area contributed by atoms with E-state index in [2.05, 4.69) is 5.32 Å². The highest BCUT2D eigenvalue weighted by Gasteiger charge is 2.65. The summed E-state index contributed by atoms with van der Waals surface area (Å²) in [6, 6.07) is 8.04. The van der Waals surface area contributed by atoms with Gasteiger partial charge in [0.15, 0.2) is 6.61 Å². The van der Waals surface area contributed by atoms with Gasteiger partial charge in [-0.1, -0.05) is 18.2 Å². The molecule has 0 aliphatic heterocycles. The second-order valence-electron chi connectivity index (χ2n) is 6.68. The van der Waals surface area contributed by atoms with Crippen LogP contribution in [0.2, 0.25) is 0 Å². The third-order valence-electron chi connectivity index (χ3n) is 5.61. The third kappa shape index (κ3) is 2.22. The van der Waals surface area contributed by atoms with E-state index in [1.807, 2.05) is 24.3 Å². The zero-order chi connectivity index (χ0) is 14.4. The first-order valence-corrected chi connectivity index (χ1v) is 7.98. The fourth-order valence-electron chi connectivity index (χ4n) is 4.70. The first-order chi connectivity index (χ1) is 10.3. The van der Waals surface area contributed by atoms with Gasteiger partial charge in [-0.3, -0.25) is 4.79 Å². The predicted molar refractivity (Wildman–Crippen MR) is 79.6 cm³/mol. The van der Waals surface area contributed by atoms with E-state index in [9.17, 15) is 4.79 Å². The Morgan fingerprint density at radius 1 is 1.24 bits per heavy atom. The number of nitrogens with one attached hydrogen (secondary N) is 1. The molecule has 1 aromatic rings. The second kappa shape index (κ2) is 5.02. The average Bonchev–Trinajstić information content (AvgIpc) is 2.90. The number of ether oxygens (including phenoxy) is 1. The van der Waals surface area contributed by atoms with Crippen LogP contribution in [0.25, 0.3) is 0 Å². The first-order valence-electron chi connectivity index (χ1n) is 7.98. The summed E-state index contributed by atoms with van der Waals surface area (Å²) in [6.45, 7) is 0.510. The van der Waals surface area contributed by atoms with Gasteiger partial charge in [-0.25, -0.2) is 0 Å². The van der Waals surface area contributed by atoms with Crippen LogP contribution in [0.3, 0.4) is 0 Å². The average molecular weight is 286 g/mol. The van der Waals surface area contributed by atoms with Crippen LogP contribution < -0.4 is 15.8 Å². The maximum Gasteiger partial charge on any atom is 0.258 e. The van der Waals surface area contributed by atoms with Crippen molar-refractivity contribution in [1.29, 1.82) is 0 Å². The molecule has 3 N–H and O–H groups in total. The molecule has 3 aliphatic rings. The molecule has 21 heavy (non-hydrogen) atoms. The van der Waals surface area contributed by atoms with Crippen LogP contribution in [0.4, 0.5) is 0 Å². The molecule has 3 aliphatic carbocycles. The minimum Gasteiger partial charge on any atom is -0.483 e. The van der Waals surface area contributed by atoms with E-state index < -0.39 is 0 Å². The molecule has 4 nitrogen and oxygen atoms in total. The van der Waals surface area contributed by atoms with Crippen molar-refractivity contribution in [2.24, 2.45) is 29.4 Å². The molecular weight excluding hydrogens is 264 g/mol. The van der Waals surface area contributed by atoms with Gasteiger partial charge in [0.05, 0.1) is 0 Å². The number of para-hydroxylation sites is 1. The van der Waals surface area contributed by atoms with Gasteiger partial charge >= 0.3 is 0 Å². The number of hydrogen-bond acceptors (Lipinski definition) is 3. The van der Waals surface area contributed by atoms with E-state index >= 15 is 0 Å². The van der Waals surface area contributed by atoms with Crippen molar-refractivity contribution in [1.82, 2.24) is 5.32 Å². The summed E-state index contributed by atoms with van der Waals surface area (Å²) in [5.74, 6) is 4.01. The molecule has 4 atom stereocenters. The number of carbonyl (C=O) groups is 1. The van der Waals surface area contributed by atoms with Gasteiger partial charge in [0.1, 0.15) is 5.75 Å². The van der Waals surface area contributed by atoms with Crippen LogP contribution in [0.5, 0.6) is 5.75 Å². The van der Waals surface area contributed by atoms with Gasteiger partial charge < -0.3 is 15.8 Å². The van der Waals surface area contributed by atoms with E-state index in [1.165, 1.54) is 19.3 Å². The smallest absolute Gasteiger partial charge is 0.258 e. The summed E-state index contributed by atoms with van der Waals surface area (Å²) in [7, 11) is 0. The molecule has 0 aromatic heterocycles. The Morgan fingerprint density at radius 2 is 1.95 bits per heavy atom. The normalized spacial score (nSPS) is 35.4. The Morgan fingerprint density at radius 3 is 2.67 bits per heavy atom. The van der Waals surface area contributed by atoms with Gasteiger partial charge in [-0.2, -0.15) is 0 Å². The van der Waals surface area contributed by atoms with Crippen molar-refractivity contribution in [3.8, 4) is 5.75 Å². The SMILES string of the molecule is NCc1ccccc1OCC(=O)NC1C2C3CCC(C3)C12. The highest BCUT2D eigenvalue weighted by atomic mass is 16.5. The van der Waals surface area contributed by atoms with Crippen LogP contribution >= 0.6 is 0 Å². The summed E-state index contributed by atoms with van der Waals surface area (Å²) in [5.41, 5.74) is 6.60. The molecule has 4 unspecified atom stereocenters. The summed E-state index contributed by atoms with van der Waals surface area (Å²) in [6.07, 6.45) is 4.15. The summed E-state index contributed by atoms with van der Waals surface area (Å²) >= 11 is 0. The number of amides is 1. The molecule has 0 heterocycles. The maximum atomic E-state index is 12.1. The van der Waals surface area contributed by atoms with Crippen LogP contribution in [0.15, 0.2) is 24.3 Å². The Bertz CT molecular complexity index is 543. The van der Waals surface area contributed by atoms with Crippen molar-refractivity contribution in [3.63, 3.8) is 0 Å². The highest BCUT2D eigenvalue weighted by molar-refractivity contribution is 5.78. The van der Waals surface area contributed by atoms with Gasteiger partial charge in [0.2, 0.25) is 0 Å². The Labute approximate surface area is 125 Å². The molecule has 3 fully saturated rings. The van der Waals surface area contributed by atoms with Gasteiger partial charge in [0.25, 0.3) is 5.91 Å². The van der Waals surface area contributed by atoms with Crippen molar-refractivity contribution in [2.75, 3.05) is 6.61 Å².